The number of thiophene rings is 1. The molecule has 10 nitrogen and oxygen atoms in total. The van der Waals surface area contributed by atoms with Crippen molar-refractivity contribution in [2.75, 3.05) is 19.6 Å². The van der Waals surface area contributed by atoms with E-state index in [1.165, 1.54) is 90.2 Å². The average molecular weight is 1080 g/mol. The number of benzene rings is 2. The van der Waals surface area contributed by atoms with Gasteiger partial charge in [-0.05, 0) is 197 Å². The summed E-state index contributed by atoms with van der Waals surface area (Å²) in [7, 11) is 0. The van der Waals surface area contributed by atoms with Gasteiger partial charge in [0.25, 0.3) is 0 Å². The first-order valence-electron chi connectivity index (χ1n) is 30.0. The minimum atomic E-state index is -0.297. The van der Waals surface area contributed by atoms with Crippen LogP contribution in [0.15, 0.2) is 70.8 Å². The number of carbonyl (C=O) groups excluding carboxylic acids is 1. The van der Waals surface area contributed by atoms with Crippen LogP contribution in [0.5, 0.6) is 11.5 Å². The number of carbonyl (C=O) groups is 1. The van der Waals surface area contributed by atoms with Crippen molar-refractivity contribution >= 4 is 45.4 Å². The largest absolute Gasteiger partial charge is 0.490 e. The third-order valence-electron chi connectivity index (χ3n) is 20.0. The molecule has 4 heterocycles. The van der Waals surface area contributed by atoms with E-state index in [1.54, 1.807) is 23.3 Å². The molecule has 8 aliphatic rings. The molecule has 77 heavy (non-hydrogen) atoms. The van der Waals surface area contributed by atoms with Crippen molar-refractivity contribution in [1.82, 2.24) is 20.7 Å². The van der Waals surface area contributed by atoms with Crippen LogP contribution in [0.2, 0.25) is 5.02 Å². The van der Waals surface area contributed by atoms with Crippen LogP contribution in [-0.2, 0) is 4.79 Å². The highest BCUT2D eigenvalue weighted by atomic mass is 35.5. The van der Waals surface area contributed by atoms with E-state index in [-0.39, 0.29) is 52.6 Å². The van der Waals surface area contributed by atoms with Gasteiger partial charge in [0.15, 0.2) is 16.7 Å². The summed E-state index contributed by atoms with van der Waals surface area (Å²) in [6.07, 6.45) is 28.1. The zero-order valence-corrected chi connectivity index (χ0v) is 49.2. The van der Waals surface area contributed by atoms with Crippen molar-refractivity contribution in [3.63, 3.8) is 0 Å². The molecular formula is C65H87ClN7O3S+. The number of amides is 1. The van der Waals surface area contributed by atoms with Crippen LogP contribution in [0.4, 0.5) is 5.00 Å². The number of piperidine rings is 1. The van der Waals surface area contributed by atoms with E-state index in [0.717, 1.165) is 102 Å². The third kappa shape index (κ3) is 10.6. The Balaban J connectivity index is 0.702. The second-order valence-corrected chi connectivity index (χ2v) is 27.6. The van der Waals surface area contributed by atoms with Gasteiger partial charge >= 0.3 is 5.84 Å². The van der Waals surface area contributed by atoms with Crippen molar-refractivity contribution in [3.8, 4) is 17.6 Å². The molecule has 2 N–H and O–H groups in total. The molecule has 1 amide bonds. The van der Waals surface area contributed by atoms with E-state index >= 15 is 0 Å². The lowest BCUT2D eigenvalue weighted by atomic mass is 9.49. The number of allylic oxidation sites excluding steroid dienone is 2. The van der Waals surface area contributed by atoms with Gasteiger partial charge in [-0.1, -0.05) is 93.7 Å². The maximum atomic E-state index is 14.6. The standard InChI is InChI=1S/C65H86ClN7O3S/c1-9-10-16-35-72-61-65(31-32-65)69-56(55-42(2)43(3)77-58(55)73(61)44(4)70-72)46-21-24-51(25-22-46)75-52-27-29-64(30-28-52)33-36-71(37-34-64)50-20-13-11-12-17-45-18-14-15-19-47(38-49(45)39-50)57(74)68-59-62(5,6)60(63(59,7)8)76-53-26-23-48(41-67)54(66)40-53/h13,20-26,40,44,47,50,52,59-60,70H,9-12,14-19,27-39H2,1-8H3/p+1/b20-13-,49-45+. The van der Waals surface area contributed by atoms with E-state index in [1.807, 2.05) is 17.4 Å². The number of ether oxygens (including phenoxy) is 2. The number of nitrogens with zero attached hydrogens (tertiary/aromatic N) is 5. The highest BCUT2D eigenvalue weighted by molar-refractivity contribution is 7.16. The summed E-state index contributed by atoms with van der Waals surface area (Å²) in [5.74, 6) is 3.15. The molecule has 412 valence electrons. The Hall–Kier alpha value is -4.47. The highest BCUT2D eigenvalue weighted by Gasteiger charge is 2.65. The lowest BCUT2D eigenvalue weighted by Crippen LogP contribution is -2.75. The van der Waals surface area contributed by atoms with Crippen LogP contribution in [-0.4, -0.2) is 87.6 Å². The van der Waals surface area contributed by atoms with Gasteiger partial charge in [-0.15, -0.1) is 5.43 Å². The normalized spacial score (nSPS) is 29.0. The Morgan fingerprint density at radius 2 is 1.64 bits per heavy atom. The number of hydrogen-bond acceptors (Lipinski definition) is 9. The molecule has 3 aliphatic heterocycles. The first-order valence-corrected chi connectivity index (χ1v) is 31.2. The van der Waals surface area contributed by atoms with Crippen LogP contribution < -0.4 is 20.2 Å². The van der Waals surface area contributed by atoms with Gasteiger partial charge in [0.05, 0.1) is 28.0 Å². The van der Waals surface area contributed by atoms with Crippen molar-refractivity contribution in [2.24, 2.45) is 27.2 Å². The zero-order chi connectivity index (χ0) is 53.9. The fourth-order valence-electron chi connectivity index (χ4n) is 15.5. The Bertz CT molecular complexity index is 2850. The highest BCUT2D eigenvalue weighted by Crippen LogP contribution is 2.56. The summed E-state index contributed by atoms with van der Waals surface area (Å²) >= 11 is 8.32. The minimum Gasteiger partial charge on any atom is -0.490 e. The number of amidine groups is 1. The number of aliphatic imine (C=N–C) groups is 1. The number of nitrogens with one attached hydrogen (secondary N) is 2. The van der Waals surface area contributed by atoms with Crippen LogP contribution in [0.3, 0.4) is 0 Å². The first kappa shape index (κ1) is 54.5. The Morgan fingerprint density at radius 3 is 2.34 bits per heavy atom. The fraction of sp³-hybridized carbons (Fsp3) is 0.631. The van der Waals surface area contributed by atoms with Crippen molar-refractivity contribution in [3.05, 3.63) is 97.9 Å². The monoisotopic (exact) mass is 1080 g/mol. The molecule has 3 aromatic rings. The molecular weight excluding hydrogens is 994 g/mol. The fourth-order valence-corrected chi connectivity index (χ4v) is 16.9. The zero-order valence-electron chi connectivity index (χ0n) is 47.7. The summed E-state index contributed by atoms with van der Waals surface area (Å²) in [5.41, 5.74) is 12.1. The second kappa shape index (κ2) is 21.9. The quantitative estimate of drug-likeness (QED) is 0.106. The molecule has 0 bridgehead atoms. The van der Waals surface area contributed by atoms with Gasteiger partial charge < -0.3 is 14.8 Å². The van der Waals surface area contributed by atoms with Crippen LogP contribution in [0.25, 0.3) is 0 Å². The molecule has 3 saturated carbocycles. The van der Waals surface area contributed by atoms with E-state index < -0.39 is 0 Å². The third-order valence-corrected chi connectivity index (χ3v) is 21.5. The molecule has 1 saturated heterocycles. The topological polar surface area (TPSA) is 105 Å². The molecule has 11 rings (SSSR count). The van der Waals surface area contributed by atoms with Crippen molar-refractivity contribution < 1.29 is 18.8 Å². The van der Waals surface area contributed by atoms with Crippen LogP contribution in [0.1, 0.15) is 197 Å². The number of hydrogen-bond donors (Lipinski definition) is 2. The number of rotatable bonds is 12. The van der Waals surface area contributed by atoms with Gasteiger partial charge in [-0.25, -0.2) is 0 Å². The number of likely N-dealkylation sites (tertiary alicyclic amines) is 1. The summed E-state index contributed by atoms with van der Waals surface area (Å²) in [6.45, 7) is 21.3. The van der Waals surface area contributed by atoms with Gasteiger partial charge in [0.1, 0.15) is 30.2 Å². The van der Waals surface area contributed by atoms with E-state index in [0.29, 0.717) is 27.8 Å². The molecule has 0 radical (unpaired) electrons. The molecule has 2 spiro atoms. The summed E-state index contributed by atoms with van der Waals surface area (Å²) in [6, 6.07) is 16.7. The smallest absolute Gasteiger partial charge is 0.300 e. The minimum absolute atomic E-state index is 0.0331. The van der Waals surface area contributed by atoms with Crippen LogP contribution >= 0.6 is 22.9 Å². The summed E-state index contributed by atoms with van der Waals surface area (Å²) in [4.78, 5) is 24.5. The molecule has 1 aromatic heterocycles. The predicted octanol–water partition coefficient (Wildman–Crippen LogP) is 14.5. The Morgan fingerprint density at radius 1 is 0.909 bits per heavy atom. The molecule has 3 atom stereocenters. The number of unbranched alkanes of at least 4 members (excludes halogenated alkanes) is 2. The maximum Gasteiger partial charge on any atom is 0.300 e. The number of halogens is 1. The number of nitriles is 1. The van der Waals surface area contributed by atoms with Crippen molar-refractivity contribution in [1.29, 1.82) is 5.26 Å². The number of aryl methyl sites for hydroxylation is 1. The van der Waals surface area contributed by atoms with E-state index in [4.69, 9.17) is 26.1 Å². The lowest BCUT2D eigenvalue weighted by Gasteiger charge is -2.63. The van der Waals surface area contributed by atoms with E-state index in [9.17, 15) is 10.1 Å². The van der Waals surface area contributed by atoms with Gasteiger partial charge in [-0.3, -0.25) is 14.7 Å². The molecule has 2 aromatic carbocycles. The van der Waals surface area contributed by atoms with Gasteiger partial charge in [-0.2, -0.15) is 14.8 Å². The summed E-state index contributed by atoms with van der Waals surface area (Å²) in [5, 5.41) is 17.2. The van der Waals surface area contributed by atoms with Crippen molar-refractivity contribution in [2.45, 2.75) is 220 Å². The van der Waals surface area contributed by atoms with E-state index in [2.05, 4.69) is 123 Å². The average Bonchev–Trinajstić information content (AvgIpc) is 4.27. The van der Waals surface area contributed by atoms with Crippen LogP contribution in [0, 0.1) is 47.3 Å². The van der Waals surface area contributed by atoms with Gasteiger partial charge in [0.2, 0.25) is 5.91 Å². The Kier molecular flexibility index (Phi) is 15.5. The summed E-state index contributed by atoms with van der Waals surface area (Å²) < 4.78 is 16.0. The Labute approximate surface area is 469 Å². The number of fused-ring (bicyclic) bond motifs is 3. The molecule has 4 fully saturated rings. The first-order chi connectivity index (χ1) is 37.0. The second-order valence-electron chi connectivity index (χ2n) is 26.0. The predicted molar refractivity (Wildman–Crippen MR) is 313 cm³/mol. The maximum absolute atomic E-state index is 14.6. The SMILES string of the molecule is CCCCCN1NC(C)[N+]2=C1C1(CC1)N=C(c1ccc(OC3CCC4(CC3)CCN(C3/C=C\CCC/C5=C(/CC(C(=O)NC6C(C)(C)C(Oc7ccc(C#N)c(Cl)c7)C6(C)C)CCCC5)C3)CC4)cc1)c1c2sc(C)c1C. The molecule has 3 unspecified atom stereocenters. The molecule has 12 heteroatoms. The number of hydrazine groups is 1. The van der Waals surface area contributed by atoms with Gasteiger partial charge in [0, 0.05) is 45.3 Å². The lowest BCUT2D eigenvalue weighted by molar-refractivity contribution is -0.474. The molecule has 5 aliphatic carbocycles.